The van der Waals surface area contributed by atoms with Crippen LogP contribution in [0.5, 0.6) is 0 Å². The smallest absolute Gasteiger partial charge is 0.136 e. The predicted octanol–water partition coefficient (Wildman–Crippen LogP) is 3.96. The molecule has 0 saturated heterocycles. The van der Waals surface area contributed by atoms with E-state index < -0.39 is 0 Å². The Bertz CT molecular complexity index is 228. The molecular weight excluding hydrogens is 184 g/mol. The second-order valence-electron chi connectivity index (χ2n) is 6.41. The Balaban J connectivity index is 1.76. The molecule has 0 unspecified atom stereocenters. The number of carbonyl (C=O) groups is 1. The van der Waals surface area contributed by atoms with Crippen molar-refractivity contribution < 1.29 is 4.79 Å². The third kappa shape index (κ3) is 2.83. The Kier molecular flexibility index (Phi) is 3.18. The van der Waals surface area contributed by atoms with E-state index in [2.05, 4.69) is 13.8 Å². The van der Waals surface area contributed by atoms with Gasteiger partial charge in [-0.25, -0.2) is 0 Å². The van der Waals surface area contributed by atoms with Gasteiger partial charge in [0.2, 0.25) is 0 Å². The summed E-state index contributed by atoms with van der Waals surface area (Å²) in [4.78, 5) is 12.0. The van der Waals surface area contributed by atoms with Crippen molar-refractivity contribution in [1.82, 2.24) is 0 Å². The zero-order chi connectivity index (χ0) is 10.9. The molecule has 2 aliphatic carbocycles. The molecule has 15 heavy (non-hydrogen) atoms. The summed E-state index contributed by atoms with van der Waals surface area (Å²) in [6, 6.07) is 0. The summed E-state index contributed by atoms with van der Waals surface area (Å²) >= 11 is 0. The number of hydrogen-bond acceptors (Lipinski definition) is 1. The Morgan fingerprint density at radius 2 is 1.73 bits per heavy atom. The Morgan fingerprint density at radius 3 is 2.20 bits per heavy atom. The van der Waals surface area contributed by atoms with Crippen molar-refractivity contribution in [2.45, 2.75) is 65.2 Å². The molecule has 0 aromatic rings. The minimum Gasteiger partial charge on any atom is -0.299 e. The summed E-state index contributed by atoms with van der Waals surface area (Å²) in [6.45, 7) is 4.67. The Hall–Kier alpha value is -0.330. The molecule has 0 atom stereocenters. The Morgan fingerprint density at radius 1 is 1.13 bits per heavy atom. The zero-order valence-electron chi connectivity index (χ0n) is 10.2. The average Bonchev–Trinajstić information content (AvgIpc) is 2.11. The second kappa shape index (κ2) is 4.27. The van der Waals surface area contributed by atoms with Crippen LogP contribution in [0, 0.1) is 17.3 Å². The van der Waals surface area contributed by atoms with E-state index in [1.54, 1.807) is 0 Å². The molecule has 86 valence electrons. The van der Waals surface area contributed by atoms with Crippen LogP contribution in [-0.2, 0) is 4.79 Å². The largest absolute Gasteiger partial charge is 0.299 e. The summed E-state index contributed by atoms with van der Waals surface area (Å²) in [5.41, 5.74) is 0.493. The molecule has 2 fully saturated rings. The van der Waals surface area contributed by atoms with Crippen LogP contribution in [-0.4, -0.2) is 5.78 Å². The molecule has 0 aromatic heterocycles. The van der Waals surface area contributed by atoms with Crippen LogP contribution < -0.4 is 0 Å². The molecule has 0 N–H and O–H groups in total. The first-order valence-corrected chi connectivity index (χ1v) is 6.59. The lowest BCUT2D eigenvalue weighted by Crippen LogP contribution is -2.28. The lowest BCUT2D eigenvalue weighted by atomic mass is 9.70. The van der Waals surface area contributed by atoms with Crippen LogP contribution in [0.15, 0.2) is 0 Å². The highest BCUT2D eigenvalue weighted by Crippen LogP contribution is 2.40. The minimum absolute atomic E-state index is 0.415. The number of rotatable bonds is 3. The summed E-state index contributed by atoms with van der Waals surface area (Å²) in [6.07, 6.45) is 9.66. The van der Waals surface area contributed by atoms with Crippen LogP contribution in [0.4, 0.5) is 0 Å². The van der Waals surface area contributed by atoms with E-state index in [1.807, 2.05) is 0 Å². The molecule has 0 bridgehead atoms. The molecule has 2 rings (SSSR count). The molecule has 2 aliphatic rings. The van der Waals surface area contributed by atoms with E-state index in [9.17, 15) is 4.79 Å². The van der Waals surface area contributed by atoms with Gasteiger partial charge in [0.1, 0.15) is 5.78 Å². The fraction of sp³-hybridized carbons (Fsp3) is 0.929. The maximum absolute atomic E-state index is 12.0. The molecular formula is C14H24O. The first-order valence-electron chi connectivity index (χ1n) is 6.59. The van der Waals surface area contributed by atoms with Crippen molar-refractivity contribution in [2.24, 2.45) is 17.3 Å². The molecule has 0 aromatic carbocycles. The van der Waals surface area contributed by atoms with Crippen molar-refractivity contribution in [1.29, 1.82) is 0 Å². The highest BCUT2D eigenvalue weighted by atomic mass is 16.1. The second-order valence-corrected chi connectivity index (χ2v) is 6.41. The molecule has 1 heteroatoms. The van der Waals surface area contributed by atoms with Gasteiger partial charge in [-0.1, -0.05) is 33.1 Å². The monoisotopic (exact) mass is 208 g/mol. The molecule has 0 aliphatic heterocycles. The fourth-order valence-corrected chi connectivity index (χ4v) is 2.87. The summed E-state index contributed by atoms with van der Waals surface area (Å²) < 4.78 is 0. The standard InChI is InChI=1S/C14H24O/c1-14(2)8-6-12(7-9-14)13(15)10-11-4-3-5-11/h11-12H,3-10H2,1-2H3. The lowest BCUT2D eigenvalue weighted by molar-refractivity contribution is -0.126. The normalized spacial score (nSPS) is 27.3. The lowest BCUT2D eigenvalue weighted by Gasteiger charge is -2.34. The van der Waals surface area contributed by atoms with Gasteiger partial charge in [-0.15, -0.1) is 0 Å². The van der Waals surface area contributed by atoms with Gasteiger partial charge < -0.3 is 0 Å². The fourth-order valence-electron chi connectivity index (χ4n) is 2.87. The van der Waals surface area contributed by atoms with Gasteiger partial charge in [0, 0.05) is 12.3 Å². The molecule has 0 spiro atoms. The first kappa shape index (κ1) is 11.2. The SMILES string of the molecule is CC1(C)CCC(C(=O)CC2CCC2)CC1. The Labute approximate surface area is 93.6 Å². The average molecular weight is 208 g/mol. The quantitative estimate of drug-likeness (QED) is 0.686. The highest BCUT2D eigenvalue weighted by Gasteiger charge is 2.32. The van der Waals surface area contributed by atoms with Gasteiger partial charge in [-0.05, 0) is 37.0 Å². The van der Waals surface area contributed by atoms with Gasteiger partial charge in [0.05, 0.1) is 0 Å². The third-order valence-corrected chi connectivity index (χ3v) is 4.51. The zero-order valence-corrected chi connectivity index (χ0v) is 10.2. The maximum atomic E-state index is 12.0. The number of Topliss-reactive ketones (excluding diaryl/α,β-unsaturated/α-hetero) is 1. The minimum atomic E-state index is 0.415. The summed E-state index contributed by atoms with van der Waals surface area (Å²) in [5.74, 6) is 1.75. The van der Waals surface area contributed by atoms with Gasteiger partial charge in [-0.3, -0.25) is 4.79 Å². The van der Waals surface area contributed by atoms with Crippen LogP contribution >= 0.6 is 0 Å². The van der Waals surface area contributed by atoms with Crippen molar-refractivity contribution in [3.63, 3.8) is 0 Å². The third-order valence-electron chi connectivity index (χ3n) is 4.51. The van der Waals surface area contributed by atoms with Gasteiger partial charge >= 0.3 is 0 Å². The topological polar surface area (TPSA) is 17.1 Å². The van der Waals surface area contributed by atoms with E-state index in [1.165, 1.54) is 32.1 Å². The van der Waals surface area contributed by atoms with E-state index in [0.29, 0.717) is 17.1 Å². The van der Waals surface area contributed by atoms with E-state index in [-0.39, 0.29) is 0 Å². The van der Waals surface area contributed by atoms with Crippen molar-refractivity contribution in [2.75, 3.05) is 0 Å². The number of carbonyl (C=O) groups excluding carboxylic acids is 1. The maximum Gasteiger partial charge on any atom is 0.136 e. The van der Waals surface area contributed by atoms with Gasteiger partial charge in [0.25, 0.3) is 0 Å². The van der Waals surface area contributed by atoms with Crippen molar-refractivity contribution in [3.8, 4) is 0 Å². The van der Waals surface area contributed by atoms with Crippen LogP contribution in [0.1, 0.15) is 65.2 Å². The summed E-state index contributed by atoms with van der Waals surface area (Å²) in [7, 11) is 0. The number of hydrogen-bond donors (Lipinski definition) is 0. The van der Waals surface area contributed by atoms with E-state index in [4.69, 9.17) is 0 Å². The van der Waals surface area contributed by atoms with Gasteiger partial charge in [0.15, 0.2) is 0 Å². The summed E-state index contributed by atoms with van der Waals surface area (Å²) in [5, 5.41) is 0. The van der Waals surface area contributed by atoms with E-state index in [0.717, 1.165) is 25.2 Å². The molecule has 0 heterocycles. The molecule has 1 nitrogen and oxygen atoms in total. The molecule has 0 radical (unpaired) electrons. The highest BCUT2D eigenvalue weighted by molar-refractivity contribution is 5.81. The van der Waals surface area contributed by atoms with Crippen molar-refractivity contribution >= 4 is 5.78 Å². The number of ketones is 1. The predicted molar refractivity (Wildman–Crippen MR) is 62.7 cm³/mol. The van der Waals surface area contributed by atoms with Crippen LogP contribution in [0.2, 0.25) is 0 Å². The van der Waals surface area contributed by atoms with Crippen molar-refractivity contribution in [3.05, 3.63) is 0 Å². The van der Waals surface area contributed by atoms with Crippen LogP contribution in [0.3, 0.4) is 0 Å². The molecule has 2 saturated carbocycles. The molecule has 0 amide bonds. The first-order chi connectivity index (χ1) is 7.07. The van der Waals surface area contributed by atoms with Gasteiger partial charge in [-0.2, -0.15) is 0 Å². The van der Waals surface area contributed by atoms with E-state index >= 15 is 0 Å². The van der Waals surface area contributed by atoms with Crippen LogP contribution in [0.25, 0.3) is 0 Å².